The van der Waals surface area contributed by atoms with Crippen LogP contribution in [-0.4, -0.2) is 50.0 Å². The van der Waals surface area contributed by atoms with E-state index in [1.807, 2.05) is 0 Å². The molecule has 2 saturated carbocycles. The third kappa shape index (κ3) is 5.12. The Bertz CT molecular complexity index is 712. The predicted octanol–water partition coefficient (Wildman–Crippen LogP) is 3.08. The number of nitrogens with zero attached hydrogens (tertiary/aromatic N) is 2. The fourth-order valence-electron chi connectivity index (χ4n) is 3.57. The number of hydrogen-bond acceptors (Lipinski definition) is 2. The van der Waals surface area contributed by atoms with Gasteiger partial charge in [0.25, 0.3) is 0 Å². The number of carbonyl (C=O) groups excluding carboxylic acids is 1. The van der Waals surface area contributed by atoms with Crippen LogP contribution in [0.25, 0.3) is 0 Å². The molecule has 0 saturated heterocycles. The largest absolute Gasteiger partial charge is 0.355 e. The van der Waals surface area contributed by atoms with Gasteiger partial charge in [-0.05, 0) is 43.4 Å². The molecule has 3 rings (SSSR count). The Labute approximate surface area is 165 Å². The number of carbonyl (C=O) groups is 1. The number of hydrogen-bond donors (Lipinski definition) is 2. The molecule has 0 atom stereocenters. The summed E-state index contributed by atoms with van der Waals surface area (Å²) in [6.07, 6.45) is 6.68. The SMILES string of the molecule is CN(C)C(=O)CN=C(NCC1(c2ccc(F)cc2Cl)CC1)NC1CCCC1. The molecule has 2 N–H and O–H groups in total. The van der Waals surface area contributed by atoms with Crippen molar-refractivity contribution in [3.63, 3.8) is 0 Å². The molecule has 0 radical (unpaired) electrons. The maximum Gasteiger partial charge on any atom is 0.243 e. The Balaban J connectivity index is 1.67. The molecule has 0 heterocycles. The Morgan fingerprint density at radius 2 is 2.04 bits per heavy atom. The van der Waals surface area contributed by atoms with Gasteiger partial charge in [0, 0.05) is 37.1 Å². The first-order valence-electron chi connectivity index (χ1n) is 9.60. The van der Waals surface area contributed by atoms with E-state index >= 15 is 0 Å². The summed E-state index contributed by atoms with van der Waals surface area (Å²) in [5.41, 5.74) is 0.886. The summed E-state index contributed by atoms with van der Waals surface area (Å²) >= 11 is 6.28. The number of amides is 1. The zero-order chi connectivity index (χ0) is 19.4. The lowest BCUT2D eigenvalue weighted by atomic mass is 9.96. The van der Waals surface area contributed by atoms with Crippen LogP contribution in [-0.2, 0) is 10.2 Å². The van der Waals surface area contributed by atoms with E-state index in [-0.39, 0.29) is 23.7 Å². The Morgan fingerprint density at radius 3 is 2.63 bits per heavy atom. The quantitative estimate of drug-likeness (QED) is 0.576. The normalized spacial score (nSPS) is 19.0. The molecular formula is C20H28ClFN4O. The van der Waals surface area contributed by atoms with Gasteiger partial charge in [-0.1, -0.05) is 30.5 Å². The standard InChI is InChI=1S/C20H28ClFN4O/c1-26(2)18(27)12-23-19(25-15-5-3-4-6-15)24-13-20(9-10-20)16-8-7-14(22)11-17(16)21/h7-8,11,15H,3-6,9-10,12-13H2,1-2H3,(H2,23,24,25). The third-order valence-electron chi connectivity index (χ3n) is 5.52. The molecular weight excluding hydrogens is 367 g/mol. The van der Waals surface area contributed by atoms with Gasteiger partial charge in [-0.2, -0.15) is 0 Å². The van der Waals surface area contributed by atoms with Crippen LogP contribution in [0.15, 0.2) is 23.2 Å². The van der Waals surface area contributed by atoms with Crippen molar-refractivity contribution in [3.05, 3.63) is 34.6 Å². The molecule has 0 spiro atoms. The summed E-state index contributed by atoms with van der Waals surface area (Å²) in [5, 5.41) is 7.33. The second kappa shape index (κ2) is 8.46. The molecule has 2 aliphatic rings. The molecule has 27 heavy (non-hydrogen) atoms. The van der Waals surface area contributed by atoms with Crippen LogP contribution in [0.1, 0.15) is 44.1 Å². The highest BCUT2D eigenvalue weighted by Crippen LogP contribution is 2.50. The number of aliphatic imine (C=N–C) groups is 1. The van der Waals surface area contributed by atoms with Gasteiger partial charge in [0.1, 0.15) is 12.4 Å². The molecule has 7 heteroatoms. The van der Waals surface area contributed by atoms with Gasteiger partial charge in [-0.25, -0.2) is 9.38 Å². The van der Waals surface area contributed by atoms with E-state index in [1.165, 1.54) is 29.9 Å². The molecule has 2 fully saturated rings. The summed E-state index contributed by atoms with van der Waals surface area (Å²) in [6.45, 7) is 0.770. The van der Waals surface area contributed by atoms with Gasteiger partial charge in [0.15, 0.2) is 5.96 Å². The van der Waals surface area contributed by atoms with E-state index in [2.05, 4.69) is 15.6 Å². The topological polar surface area (TPSA) is 56.7 Å². The van der Waals surface area contributed by atoms with E-state index in [9.17, 15) is 9.18 Å². The molecule has 0 bridgehead atoms. The van der Waals surface area contributed by atoms with Crippen LogP contribution >= 0.6 is 11.6 Å². The molecule has 0 aliphatic heterocycles. The fourth-order valence-corrected chi connectivity index (χ4v) is 3.94. The monoisotopic (exact) mass is 394 g/mol. The van der Waals surface area contributed by atoms with Crippen molar-refractivity contribution in [1.82, 2.24) is 15.5 Å². The number of benzene rings is 1. The molecule has 0 unspecified atom stereocenters. The number of nitrogens with one attached hydrogen (secondary N) is 2. The van der Waals surface area contributed by atoms with Crippen molar-refractivity contribution in [2.75, 3.05) is 27.2 Å². The smallest absolute Gasteiger partial charge is 0.243 e. The van der Waals surface area contributed by atoms with Crippen molar-refractivity contribution < 1.29 is 9.18 Å². The predicted molar refractivity (Wildman–Crippen MR) is 107 cm³/mol. The minimum absolute atomic E-state index is 0.0368. The maximum absolute atomic E-state index is 13.4. The summed E-state index contributed by atoms with van der Waals surface area (Å²) in [4.78, 5) is 17.9. The fraction of sp³-hybridized carbons (Fsp3) is 0.600. The highest BCUT2D eigenvalue weighted by Gasteiger charge is 2.45. The van der Waals surface area contributed by atoms with Gasteiger partial charge in [-0.15, -0.1) is 0 Å². The number of likely N-dealkylation sites (N-methyl/N-ethyl adjacent to an activating group) is 1. The van der Waals surface area contributed by atoms with E-state index in [4.69, 9.17) is 11.6 Å². The minimum atomic E-state index is -0.320. The zero-order valence-corrected chi connectivity index (χ0v) is 16.8. The highest BCUT2D eigenvalue weighted by atomic mass is 35.5. The molecule has 148 valence electrons. The first kappa shape index (κ1) is 19.9. The molecule has 1 aromatic carbocycles. The summed E-state index contributed by atoms with van der Waals surface area (Å²) in [7, 11) is 3.45. The van der Waals surface area contributed by atoms with E-state index < -0.39 is 0 Å². The van der Waals surface area contributed by atoms with Crippen LogP contribution in [0.5, 0.6) is 0 Å². The average Bonchev–Trinajstić information content (AvgIpc) is 3.22. The lowest BCUT2D eigenvalue weighted by Crippen LogP contribution is -2.45. The van der Waals surface area contributed by atoms with Crippen molar-refractivity contribution >= 4 is 23.5 Å². The van der Waals surface area contributed by atoms with Crippen LogP contribution in [0.3, 0.4) is 0 Å². The zero-order valence-electron chi connectivity index (χ0n) is 16.0. The van der Waals surface area contributed by atoms with Gasteiger partial charge < -0.3 is 15.5 Å². The first-order chi connectivity index (χ1) is 12.9. The summed E-state index contributed by atoms with van der Waals surface area (Å²) in [6, 6.07) is 5.01. The molecule has 1 amide bonds. The maximum atomic E-state index is 13.4. The van der Waals surface area contributed by atoms with Gasteiger partial charge in [0.2, 0.25) is 5.91 Å². The van der Waals surface area contributed by atoms with Crippen LogP contribution in [0.4, 0.5) is 4.39 Å². The van der Waals surface area contributed by atoms with E-state index in [0.717, 1.165) is 31.2 Å². The van der Waals surface area contributed by atoms with Crippen LogP contribution in [0, 0.1) is 5.82 Å². The van der Waals surface area contributed by atoms with Gasteiger partial charge >= 0.3 is 0 Å². The molecule has 2 aliphatic carbocycles. The minimum Gasteiger partial charge on any atom is -0.355 e. The average molecular weight is 395 g/mol. The molecule has 0 aromatic heterocycles. The Hall–Kier alpha value is -1.82. The summed E-state index contributed by atoms with van der Waals surface area (Å²) < 4.78 is 13.4. The van der Waals surface area contributed by atoms with Crippen LogP contribution in [0.2, 0.25) is 5.02 Å². The van der Waals surface area contributed by atoms with E-state index in [1.54, 1.807) is 20.2 Å². The Morgan fingerprint density at radius 1 is 1.33 bits per heavy atom. The van der Waals surface area contributed by atoms with Gasteiger partial charge in [-0.3, -0.25) is 4.79 Å². The lowest BCUT2D eigenvalue weighted by molar-refractivity contribution is -0.127. The van der Waals surface area contributed by atoms with Crippen molar-refractivity contribution in [2.24, 2.45) is 4.99 Å². The lowest BCUT2D eigenvalue weighted by Gasteiger charge is -2.22. The third-order valence-corrected chi connectivity index (χ3v) is 5.83. The van der Waals surface area contributed by atoms with Crippen LogP contribution < -0.4 is 10.6 Å². The van der Waals surface area contributed by atoms with E-state index in [0.29, 0.717) is 23.6 Å². The molecule has 1 aromatic rings. The summed E-state index contributed by atoms with van der Waals surface area (Å²) in [5.74, 6) is 0.312. The molecule has 5 nitrogen and oxygen atoms in total. The van der Waals surface area contributed by atoms with Crippen molar-refractivity contribution in [1.29, 1.82) is 0 Å². The van der Waals surface area contributed by atoms with Crippen molar-refractivity contribution in [3.8, 4) is 0 Å². The number of guanidine groups is 1. The second-order valence-corrected chi connectivity index (χ2v) is 8.24. The number of halogens is 2. The first-order valence-corrected chi connectivity index (χ1v) is 9.98. The highest BCUT2D eigenvalue weighted by molar-refractivity contribution is 6.31. The second-order valence-electron chi connectivity index (χ2n) is 7.84. The van der Waals surface area contributed by atoms with Gasteiger partial charge in [0.05, 0.1) is 0 Å². The number of rotatable bonds is 6. The van der Waals surface area contributed by atoms with Crippen molar-refractivity contribution in [2.45, 2.75) is 50.0 Å². The Kier molecular flexibility index (Phi) is 6.25.